The number of aromatic nitrogens is 2. The molecule has 0 aliphatic rings. The number of nitrogens with one attached hydrogen (secondary N) is 1. The lowest BCUT2D eigenvalue weighted by molar-refractivity contribution is 0.593. The summed E-state index contributed by atoms with van der Waals surface area (Å²) < 4.78 is 14.7. The van der Waals surface area contributed by atoms with Gasteiger partial charge in [0.15, 0.2) is 0 Å². The molecule has 0 amide bonds. The SMILES string of the molecule is Nc1cn(Cc2ccc(Cl)cc2F)c(=O)[nH]c1=O. The second-order valence-corrected chi connectivity index (χ2v) is 4.14. The van der Waals surface area contributed by atoms with Gasteiger partial charge in [-0.05, 0) is 12.1 Å². The first-order chi connectivity index (χ1) is 8.47. The van der Waals surface area contributed by atoms with Gasteiger partial charge >= 0.3 is 5.69 Å². The molecule has 18 heavy (non-hydrogen) atoms. The molecule has 94 valence electrons. The van der Waals surface area contributed by atoms with Crippen molar-refractivity contribution in [3.8, 4) is 0 Å². The largest absolute Gasteiger partial charge is 0.393 e. The van der Waals surface area contributed by atoms with Crippen LogP contribution in [-0.2, 0) is 6.54 Å². The van der Waals surface area contributed by atoms with Crippen LogP contribution in [0, 0.1) is 5.82 Å². The van der Waals surface area contributed by atoms with Gasteiger partial charge in [0, 0.05) is 16.8 Å². The topological polar surface area (TPSA) is 80.9 Å². The molecule has 0 atom stereocenters. The molecule has 2 aromatic rings. The Labute approximate surface area is 106 Å². The molecule has 0 radical (unpaired) electrons. The minimum Gasteiger partial charge on any atom is -0.393 e. The fourth-order valence-corrected chi connectivity index (χ4v) is 1.64. The summed E-state index contributed by atoms with van der Waals surface area (Å²) in [6.45, 7) is -0.0389. The van der Waals surface area contributed by atoms with E-state index >= 15 is 0 Å². The summed E-state index contributed by atoms with van der Waals surface area (Å²) in [4.78, 5) is 24.6. The van der Waals surface area contributed by atoms with E-state index in [1.165, 1.54) is 18.3 Å². The standard InChI is InChI=1S/C11H9ClFN3O2/c12-7-2-1-6(8(13)3-7)4-16-5-9(14)10(17)15-11(16)18/h1-3,5H,4,14H2,(H,15,17,18). The molecule has 2 rings (SSSR count). The van der Waals surface area contributed by atoms with Crippen molar-refractivity contribution in [2.45, 2.75) is 6.54 Å². The summed E-state index contributed by atoms with van der Waals surface area (Å²) >= 11 is 5.62. The van der Waals surface area contributed by atoms with Crippen molar-refractivity contribution in [2.24, 2.45) is 0 Å². The Bertz CT molecular complexity index is 708. The van der Waals surface area contributed by atoms with Gasteiger partial charge in [0.1, 0.15) is 11.5 Å². The number of nitrogen functional groups attached to an aromatic ring is 1. The second-order valence-electron chi connectivity index (χ2n) is 3.71. The summed E-state index contributed by atoms with van der Waals surface area (Å²) in [6.07, 6.45) is 1.18. The van der Waals surface area contributed by atoms with E-state index in [-0.39, 0.29) is 22.8 Å². The second kappa shape index (κ2) is 4.66. The average molecular weight is 270 g/mol. The highest BCUT2D eigenvalue weighted by molar-refractivity contribution is 6.30. The van der Waals surface area contributed by atoms with Crippen LogP contribution in [0.4, 0.5) is 10.1 Å². The molecule has 1 aromatic heterocycles. The van der Waals surface area contributed by atoms with E-state index in [2.05, 4.69) is 0 Å². The third-order valence-electron chi connectivity index (χ3n) is 2.39. The lowest BCUT2D eigenvalue weighted by Gasteiger charge is -2.07. The molecule has 7 heteroatoms. The van der Waals surface area contributed by atoms with Crippen LogP contribution in [-0.4, -0.2) is 9.55 Å². The Hall–Kier alpha value is -2.08. The Morgan fingerprint density at radius 2 is 2.11 bits per heavy atom. The number of rotatable bonds is 2. The van der Waals surface area contributed by atoms with Gasteiger partial charge in [-0.2, -0.15) is 0 Å². The zero-order valence-electron chi connectivity index (χ0n) is 9.11. The fourth-order valence-electron chi connectivity index (χ4n) is 1.48. The van der Waals surface area contributed by atoms with Crippen molar-refractivity contribution in [1.82, 2.24) is 9.55 Å². The van der Waals surface area contributed by atoms with Crippen molar-refractivity contribution in [2.75, 3.05) is 5.73 Å². The first kappa shape index (κ1) is 12.4. The summed E-state index contributed by atoms with van der Waals surface area (Å²) in [5, 5.41) is 0.268. The average Bonchev–Trinajstić information content (AvgIpc) is 2.29. The Morgan fingerprint density at radius 1 is 1.39 bits per heavy atom. The maximum atomic E-state index is 13.5. The molecule has 0 bridgehead atoms. The van der Waals surface area contributed by atoms with E-state index in [4.69, 9.17) is 17.3 Å². The third-order valence-corrected chi connectivity index (χ3v) is 2.63. The van der Waals surface area contributed by atoms with E-state index in [1.807, 2.05) is 4.98 Å². The summed E-state index contributed by atoms with van der Waals surface area (Å²) in [6, 6.07) is 4.13. The third kappa shape index (κ3) is 2.43. The molecule has 0 saturated carbocycles. The van der Waals surface area contributed by atoms with Crippen LogP contribution >= 0.6 is 11.6 Å². The molecule has 0 fully saturated rings. The maximum absolute atomic E-state index is 13.5. The molecule has 0 aliphatic carbocycles. The molecule has 1 aromatic carbocycles. The molecule has 3 N–H and O–H groups in total. The summed E-state index contributed by atoms with van der Waals surface area (Å²) in [7, 11) is 0. The minimum absolute atomic E-state index is 0.0389. The quantitative estimate of drug-likeness (QED) is 0.852. The maximum Gasteiger partial charge on any atom is 0.328 e. The minimum atomic E-state index is -0.659. The molecule has 0 unspecified atom stereocenters. The Balaban J connectivity index is 2.43. The fraction of sp³-hybridized carbons (Fsp3) is 0.0909. The predicted octanol–water partition coefficient (Wildman–Crippen LogP) is 0.960. The Kier molecular flexibility index (Phi) is 3.20. The molecule has 1 heterocycles. The smallest absolute Gasteiger partial charge is 0.328 e. The number of aromatic amines is 1. The normalized spacial score (nSPS) is 10.6. The van der Waals surface area contributed by atoms with Crippen molar-refractivity contribution >= 4 is 17.3 Å². The Morgan fingerprint density at radius 3 is 2.78 bits per heavy atom. The van der Waals surface area contributed by atoms with E-state index in [0.29, 0.717) is 0 Å². The lowest BCUT2D eigenvalue weighted by Crippen LogP contribution is -2.31. The number of hydrogen-bond acceptors (Lipinski definition) is 3. The number of halogens is 2. The van der Waals surface area contributed by atoms with Gasteiger partial charge in [-0.15, -0.1) is 0 Å². The van der Waals surface area contributed by atoms with E-state index in [1.54, 1.807) is 0 Å². The van der Waals surface area contributed by atoms with Gasteiger partial charge in [-0.3, -0.25) is 14.3 Å². The molecule has 5 nitrogen and oxygen atoms in total. The molecule has 0 spiro atoms. The van der Waals surface area contributed by atoms with Crippen molar-refractivity contribution in [1.29, 1.82) is 0 Å². The first-order valence-corrected chi connectivity index (χ1v) is 5.38. The van der Waals surface area contributed by atoms with E-state index in [9.17, 15) is 14.0 Å². The number of nitrogens with zero attached hydrogens (tertiary/aromatic N) is 1. The zero-order chi connectivity index (χ0) is 13.3. The number of nitrogens with two attached hydrogens (primary N) is 1. The number of H-pyrrole nitrogens is 1. The highest BCUT2D eigenvalue weighted by Gasteiger charge is 2.06. The van der Waals surface area contributed by atoms with Crippen LogP contribution in [0.25, 0.3) is 0 Å². The van der Waals surface area contributed by atoms with Crippen LogP contribution in [0.1, 0.15) is 5.56 Å². The molecule has 0 aliphatic heterocycles. The number of anilines is 1. The number of hydrogen-bond donors (Lipinski definition) is 2. The van der Waals surface area contributed by atoms with Gasteiger partial charge in [-0.25, -0.2) is 9.18 Å². The summed E-state index contributed by atoms with van der Waals surface area (Å²) in [5.41, 5.74) is 4.24. The van der Waals surface area contributed by atoms with E-state index < -0.39 is 17.1 Å². The highest BCUT2D eigenvalue weighted by atomic mass is 35.5. The molecular formula is C11H9ClFN3O2. The molecular weight excluding hydrogens is 261 g/mol. The van der Waals surface area contributed by atoms with Gasteiger partial charge in [0.2, 0.25) is 0 Å². The van der Waals surface area contributed by atoms with Crippen LogP contribution in [0.2, 0.25) is 5.02 Å². The van der Waals surface area contributed by atoms with E-state index in [0.717, 1.165) is 10.6 Å². The van der Waals surface area contributed by atoms with Crippen LogP contribution in [0.3, 0.4) is 0 Å². The highest BCUT2D eigenvalue weighted by Crippen LogP contribution is 2.15. The van der Waals surface area contributed by atoms with Gasteiger partial charge in [0.25, 0.3) is 5.56 Å². The van der Waals surface area contributed by atoms with Gasteiger partial charge in [-0.1, -0.05) is 17.7 Å². The van der Waals surface area contributed by atoms with Crippen molar-refractivity contribution in [3.63, 3.8) is 0 Å². The van der Waals surface area contributed by atoms with Crippen molar-refractivity contribution < 1.29 is 4.39 Å². The number of benzene rings is 1. The predicted molar refractivity (Wildman–Crippen MR) is 66.2 cm³/mol. The van der Waals surface area contributed by atoms with Crippen LogP contribution in [0.5, 0.6) is 0 Å². The van der Waals surface area contributed by atoms with Crippen molar-refractivity contribution in [3.05, 3.63) is 61.6 Å². The zero-order valence-corrected chi connectivity index (χ0v) is 9.87. The first-order valence-electron chi connectivity index (χ1n) is 5.00. The lowest BCUT2D eigenvalue weighted by atomic mass is 10.2. The van der Waals surface area contributed by atoms with Gasteiger partial charge in [0.05, 0.1) is 6.54 Å². The monoisotopic (exact) mass is 269 g/mol. The van der Waals surface area contributed by atoms with Gasteiger partial charge < -0.3 is 5.73 Å². The molecule has 0 saturated heterocycles. The van der Waals surface area contributed by atoms with Crippen LogP contribution < -0.4 is 17.0 Å². The summed E-state index contributed by atoms with van der Waals surface area (Å²) in [5.74, 6) is -0.529. The van der Waals surface area contributed by atoms with Crippen LogP contribution in [0.15, 0.2) is 34.0 Å².